The molecule has 0 saturated carbocycles. The summed E-state index contributed by atoms with van der Waals surface area (Å²) in [5.74, 6) is 0.000825. The summed E-state index contributed by atoms with van der Waals surface area (Å²) in [6.07, 6.45) is 2.01. The summed E-state index contributed by atoms with van der Waals surface area (Å²) in [7, 11) is 1.68. The van der Waals surface area contributed by atoms with Crippen molar-refractivity contribution in [1.82, 2.24) is 10.6 Å². The minimum atomic E-state index is -0.0825. The number of carbonyl (C=O) groups excluding carboxylic acids is 2. The third-order valence-corrected chi connectivity index (χ3v) is 3.36. The third-order valence-electron chi connectivity index (χ3n) is 3.36. The second-order valence-electron chi connectivity index (χ2n) is 5.66. The number of amides is 2. The molecule has 5 nitrogen and oxygen atoms in total. The first-order valence-corrected chi connectivity index (χ1v) is 6.48. The van der Waals surface area contributed by atoms with E-state index < -0.39 is 0 Å². The van der Waals surface area contributed by atoms with E-state index in [-0.39, 0.29) is 23.1 Å². The molecule has 1 atom stereocenters. The molecule has 1 aliphatic rings. The van der Waals surface area contributed by atoms with Crippen molar-refractivity contribution < 1.29 is 14.3 Å². The second-order valence-corrected chi connectivity index (χ2v) is 5.66. The van der Waals surface area contributed by atoms with Crippen molar-refractivity contribution in [3.05, 3.63) is 0 Å². The number of hydrogen-bond donors (Lipinski definition) is 2. The Bertz CT molecular complexity index is 293. The van der Waals surface area contributed by atoms with Crippen LogP contribution in [0.1, 0.15) is 33.1 Å². The maximum atomic E-state index is 11.9. The first-order valence-electron chi connectivity index (χ1n) is 6.48. The Balaban J connectivity index is 2.29. The van der Waals surface area contributed by atoms with E-state index in [0.29, 0.717) is 32.5 Å². The Morgan fingerprint density at radius 3 is 2.83 bits per heavy atom. The van der Waals surface area contributed by atoms with Crippen LogP contribution >= 0.6 is 0 Å². The molecule has 5 heteroatoms. The van der Waals surface area contributed by atoms with Gasteiger partial charge in [-0.3, -0.25) is 9.59 Å². The predicted octanol–water partition coefficient (Wildman–Crippen LogP) is 0.692. The van der Waals surface area contributed by atoms with Gasteiger partial charge in [-0.25, -0.2) is 0 Å². The van der Waals surface area contributed by atoms with Gasteiger partial charge in [-0.15, -0.1) is 0 Å². The van der Waals surface area contributed by atoms with E-state index in [1.54, 1.807) is 7.11 Å². The zero-order chi connectivity index (χ0) is 13.6. The normalized spacial score (nSPS) is 20.4. The van der Waals surface area contributed by atoms with Crippen LogP contribution in [0.4, 0.5) is 0 Å². The topological polar surface area (TPSA) is 67.4 Å². The zero-order valence-electron chi connectivity index (χ0n) is 11.5. The summed E-state index contributed by atoms with van der Waals surface area (Å²) in [6, 6.07) is 0. The predicted molar refractivity (Wildman–Crippen MR) is 69.0 cm³/mol. The molecular formula is C13H24N2O3. The SMILES string of the molecule is COCCC(C)(C)CNC(=O)C1CCC(=O)NC1. The molecule has 1 saturated heterocycles. The van der Waals surface area contributed by atoms with E-state index in [4.69, 9.17) is 4.74 Å². The largest absolute Gasteiger partial charge is 0.385 e. The van der Waals surface area contributed by atoms with Gasteiger partial charge in [0.15, 0.2) is 0 Å². The molecule has 0 radical (unpaired) electrons. The summed E-state index contributed by atoms with van der Waals surface area (Å²) in [6.45, 7) is 6.01. The van der Waals surface area contributed by atoms with Crippen molar-refractivity contribution in [1.29, 1.82) is 0 Å². The van der Waals surface area contributed by atoms with Crippen LogP contribution in [0.15, 0.2) is 0 Å². The monoisotopic (exact) mass is 256 g/mol. The van der Waals surface area contributed by atoms with E-state index in [1.165, 1.54) is 0 Å². The molecule has 0 bridgehead atoms. The van der Waals surface area contributed by atoms with Crippen LogP contribution < -0.4 is 10.6 Å². The molecule has 1 rings (SSSR count). The van der Waals surface area contributed by atoms with E-state index in [2.05, 4.69) is 24.5 Å². The number of piperidine rings is 1. The van der Waals surface area contributed by atoms with Crippen LogP contribution in [-0.2, 0) is 14.3 Å². The molecular weight excluding hydrogens is 232 g/mol. The molecule has 1 unspecified atom stereocenters. The number of carbonyl (C=O) groups is 2. The van der Waals surface area contributed by atoms with E-state index >= 15 is 0 Å². The first-order chi connectivity index (χ1) is 8.44. The lowest BCUT2D eigenvalue weighted by Gasteiger charge is -2.27. The van der Waals surface area contributed by atoms with Gasteiger partial charge in [0, 0.05) is 33.2 Å². The van der Waals surface area contributed by atoms with Gasteiger partial charge < -0.3 is 15.4 Å². The Labute approximate surface area is 109 Å². The fourth-order valence-electron chi connectivity index (χ4n) is 1.89. The summed E-state index contributed by atoms with van der Waals surface area (Å²) in [5, 5.41) is 5.70. The van der Waals surface area contributed by atoms with Crippen LogP contribution in [0.2, 0.25) is 0 Å². The van der Waals surface area contributed by atoms with Crippen LogP contribution in [0.5, 0.6) is 0 Å². The second kappa shape index (κ2) is 6.73. The molecule has 0 aromatic heterocycles. The average molecular weight is 256 g/mol. The van der Waals surface area contributed by atoms with Crippen molar-refractivity contribution in [2.45, 2.75) is 33.1 Å². The van der Waals surface area contributed by atoms with Gasteiger partial charge in [-0.1, -0.05) is 13.8 Å². The minimum absolute atomic E-state index is 0.0313. The molecule has 0 aromatic carbocycles. The van der Waals surface area contributed by atoms with Crippen molar-refractivity contribution in [3.8, 4) is 0 Å². The summed E-state index contributed by atoms with van der Waals surface area (Å²) in [5.41, 5.74) is 0.0313. The van der Waals surface area contributed by atoms with Gasteiger partial charge >= 0.3 is 0 Å². The maximum absolute atomic E-state index is 11.9. The molecule has 0 aliphatic carbocycles. The lowest BCUT2D eigenvalue weighted by Crippen LogP contribution is -2.45. The zero-order valence-corrected chi connectivity index (χ0v) is 11.5. The molecule has 18 heavy (non-hydrogen) atoms. The Hall–Kier alpha value is -1.10. The van der Waals surface area contributed by atoms with E-state index in [1.807, 2.05) is 0 Å². The number of hydrogen-bond acceptors (Lipinski definition) is 3. The molecule has 2 N–H and O–H groups in total. The first kappa shape index (κ1) is 15.0. The van der Waals surface area contributed by atoms with Crippen LogP contribution in [0.3, 0.4) is 0 Å². The number of ether oxygens (including phenoxy) is 1. The minimum Gasteiger partial charge on any atom is -0.385 e. The van der Waals surface area contributed by atoms with Crippen LogP contribution in [0, 0.1) is 11.3 Å². The number of methoxy groups -OCH3 is 1. The molecule has 0 aromatic rings. The molecule has 0 spiro atoms. The van der Waals surface area contributed by atoms with Crippen molar-refractivity contribution >= 4 is 11.8 Å². The highest BCUT2D eigenvalue weighted by Crippen LogP contribution is 2.19. The highest BCUT2D eigenvalue weighted by molar-refractivity contribution is 5.83. The summed E-state index contributed by atoms with van der Waals surface area (Å²) >= 11 is 0. The van der Waals surface area contributed by atoms with Crippen molar-refractivity contribution in [3.63, 3.8) is 0 Å². The van der Waals surface area contributed by atoms with Crippen LogP contribution in [-0.4, -0.2) is 38.6 Å². The Morgan fingerprint density at radius 1 is 1.56 bits per heavy atom. The fraction of sp³-hybridized carbons (Fsp3) is 0.846. The van der Waals surface area contributed by atoms with Gasteiger partial charge in [-0.05, 0) is 18.3 Å². The van der Waals surface area contributed by atoms with Gasteiger partial charge in [0.05, 0.1) is 5.92 Å². The smallest absolute Gasteiger partial charge is 0.224 e. The highest BCUT2D eigenvalue weighted by atomic mass is 16.5. The molecule has 1 aliphatic heterocycles. The molecule has 104 valence electrons. The van der Waals surface area contributed by atoms with E-state index in [9.17, 15) is 9.59 Å². The van der Waals surface area contributed by atoms with E-state index in [0.717, 1.165) is 6.42 Å². The van der Waals surface area contributed by atoms with Gasteiger partial charge in [-0.2, -0.15) is 0 Å². The van der Waals surface area contributed by atoms with Gasteiger partial charge in [0.25, 0.3) is 0 Å². The van der Waals surface area contributed by atoms with Crippen LogP contribution in [0.25, 0.3) is 0 Å². The molecule has 1 fully saturated rings. The lowest BCUT2D eigenvalue weighted by molar-refractivity contribution is -0.129. The average Bonchev–Trinajstić information content (AvgIpc) is 2.35. The standard InChI is InChI=1S/C13H24N2O3/c1-13(2,6-7-18-3)9-15-12(17)10-4-5-11(16)14-8-10/h10H,4-9H2,1-3H3,(H,14,16)(H,15,17). The Morgan fingerprint density at radius 2 is 2.28 bits per heavy atom. The maximum Gasteiger partial charge on any atom is 0.224 e. The van der Waals surface area contributed by atoms with Crippen molar-refractivity contribution in [2.24, 2.45) is 11.3 Å². The summed E-state index contributed by atoms with van der Waals surface area (Å²) < 4.78 is 5.05. The van der Waals surface area contributed by atoms with Crippen molar-refractivity contribution in [2.75, 3.05) is 26.8 Å². The highest BCUT2D eigenvalue weighted by Gasteiger charge is 2.26. The Kier molecular flexibility index (Phi) is 5.59. The van der Waals surface area contributed by atoms with Gasteiger partial charge in [0.2, 0.25) is 11.8 Å². The lowest BCUT2D eigenvalue weighted by atomic mass is 9.89. The van der Waals surface area contributed by atoms with Gasteiger partial charge in [0.1, 0.15) is 0 Å². The molecule has 1 heterocycles. The number of rotatable bonds is 6. The number of nitrogens with one attached hydrogen (secondary N) is 2. The summed E-state index contributed by atoms with van der Waals surface area (Å²) in [4.78, 5) is 22.9. The fourth-order valence-corrected chi connectivity index (χ4v) is 1.89. The third kappa shape index (κ3) is 5.04. The quantitative estimate of drug-likeness (QED) is 0.735. The molecule has 2 amide bonds.